The van der Waals surface area contributed by atoms with Gasteiger partial charge in [-0.2, -0.15) is 0 Å². The predicted molar refractivity (Wildman–Crippen MR) is 146 cm³/mol. The van der Waals surface area contributed by atoms with Gasteiger partial charge in [0.25, 0.3) is 0 Å². The van der Waals surface area contributed by atoms with Crippen LogP contribution in [0.2, 0.25) is 0 Å². The van der Waals surface area contributed by atoms with Crippen LogP contribution in [0.1, 0.15) is 29.0 Å². The number of benzene rings is 2. The maximum Gasteiger partial charge on any atom is 0.227 e. The van der Waals surface area contributed by atoms with Crippen molar-refractivity contribution in [1.29, 1.82) is 0 Å². The van der Waals surface area contributed by atoms with Crippen molar-refractivity contribution in [2.45, 2.75) is 32.2 Å². The van der Waals surface area contributed by atoms with E-state index in [1.807, 2.05) is 36.4 Å². The number of morpholine rings is 1. The zero-order valence-corrected chi connectivity index (χ0v) is 23.3. The molecule has 1 aromatic heterocycles. The van der Waals surface area contributed by atoms with E-state index in [0.29, 0.717) is 30.9 Å². The number of thiazole rings is 1. The largest absolute Gasteiger partial charge is 0.550 e. The third-order valence-electron chi connectivity index (χ3n) is 7.91. The van der Waals surface area contributed by atoms with Crippen LogP contribution in [0.25, 0.3) is 10.2 Å². The van der Waals surface area contributed by atoms with Crippen molar-refractivity contribution in [1.82, 2.24) is 10.3 Å². The quantitative estimate of drug-likeness (QED) is 0.286. The average molecular weight is 554 g/mol. The standard InChI is InChI=1S/C29H35N3O6S/c1-32(9-12-37-13-10-32)8-5-11-38-24-14-22-25(15-23(24)36-2)39-26(31-22)19-30-28(35)29(18-27(33)34)16-20-6-3-4-7-21(20)17-29/h3-4,6-7,14-15H,5,8-13,16-19H2,1-2H3,(H-,30,33,34,35). The number of amides is 1. The molecular weight excluding hydrogens is 518 g/mol. The molecule has 2 aromatic carbocycles. The van der Waals surface area contributed by atoms with Gasteiger partial charge in [-0.3, -0.25) is 4.79 Å². The molecule has 0 radical (unpaired) electrons. The lowest BCUT2D eigenvalue weighted by molar-refractivity contribution is -0.917. The lowest BCUT2D eigenvalue weighted by Gasteiger charge is -2.37. The maximum absolute atomic E-state index is 13.3. The normalized spacial score (nSPS) is 17.5. The zero-order valence-electron chi connectivity index (χ0n) is 22.5. The fraction of sp³-hybridized carbons (Fsp3) is 0.483. The highest BCUT2D eigenvalue weighted by molar-refractivity contribution is 7.18. The first kappa shape index (κ1) is 27.4. The molecule has 1 saturated heterocycles. The third kappa shape index (κ3) is 6.18. The van der Waals surface area contributed by atoms with Crippen LogP contribution in [0.3, 0.4) is 0 Å². The Morgan fingerprint density at radius 2 is 1.87 bits per heavy atom. The second-order valence-electron chi connectivity index (χ2n) is 10.8. The summed E-state index contributed by atoms with van der Waals surface area (Å²) in [4.78, 5) is 29.6. The van der Waals surface area contributed by atoms with Crippen LogP contribution in [0.5, 0.6) is 11.5 Å². The van der Waals surface area contributed by atoms with Crippen LogP contribution in [0.15, 0.2) is 36.4 Å². The number of carbonyl (C=O) groups is 2. The molecule has 0 unspecified atom stereocenters. The van der Waals surface area contributed by atoms with Gasteiger partial charge in [0.05, 0.1) is 62.7 Å². The Bertz CT molecular complexity index is 1330. The number of carboxylic acid groups (broad SMARTS) is 1. The van der Waals surface area contributed by atoms with Gasteiger partial charge in [-0.05, 0) is 24.0 Å². The Hall–Kier alpha value is -3.21. The van der Waals surface area contributed by atoms with Crippen molar-refractivity contribution in [3.63, 3.8) is 0 Å². The average Bonchev–Trinajstić information content (AvgIpc) is 3.49. The fourth-order valence-electron chi connectivity index (χ4n) is 5.65. The highest BCUT2D eigenvalue weighted by Crippen LogP contribution is 2.40. The number of rotatable bonds is 11. The summed E-state index contributed by atoms with van der Waals surface area (Å²) in [5, 5.41) is 15.2. The van der Waals surface area contributed by atoms with Gasteiger partial charge in [-0.25, -0.2) is 4.98 Å². The number of carboxylic acids is 1. The minimum Gasteiger partial charge on any atom is -0.550 e. The highest BCUT2D eigenvalue weighted by atomic mass is 32.1. The molecule has 1 fully saturated rings. The van der Waals surface area contributed by atoms with Crippen LogP contribution in [0, 0.1) is 5.41 Å². The van der Waals surface area contributed by atoms with Crippen LogP contribution in [0.4, 0.5) is 0 Å². The van der Waals surface area contributed by atoms with Crippen molar-refractivity contribution in [2.75, 3.05) is 53.6 Å². The molecule has 1 amide bonds. The van der Waals surface area contributed by atoms with Crippen LogP contribution >= 0.6 is 11.3 Å². The summed E-state index contributed by atoms with van der Waals surface area (Å²) in [6, 6.07) is 11.5. The molecule has 1 N–H and O–H groups in total. The van der Waals surface area contributed by atoms with E-state index < -0.39 is 11.4 Å². The Kier molecular flexibility index (Phi) is 8.06. The molecule has 3 aromatic rings. The van der Waals surface area contributed by atoms with Crippen molar-refractivity contribution in [3.05, 3.63) is 52.5 Å². The molecule has 5 rings (SSSR count). The summed E-state index contributed by atoms with van der Waals surface area (Å²) in [5.74, 6) is -0.226. The number of methoxy groups -OCH3 is 1. The van der Waals surface area contributed by atoms with E-state index in [9.17, 15) is 14.7 Å². The second kappa shape index (κ2) is 11.5. The molecule has 1 aliphatic carbocycles. The number of fused-ring (bicyclic) bond motifs is 2. The third-order valence-corrected chi connectivity index (χ3v) is 8.93. The van der Waals surface area contributed by atoms with Gasteiger partial charge in [-0.15, -0.1) is 11.3 Å². The number of aromatic nitrogens is 1. The summed E-state index contributed by atoms with van der Waals surface area (Å²) in [7, 11) is 3.88. The van der Waals surface area contributed by atoms with E-state index in [1.54, 1.807) is 7.11 Å². The molecule has 0 spiro atoms. The van der Waals surface area contributed by atoms with Gasteiger partial charge < -0.3 is 33.9 Å². The molecule has 0 atom stereocenters. The number of carbonyl (C=O) groups excluding carboxylic acids is 2. The molecular formula is C29H35N3O6S. The molecule has 10 heteroatoms. The van der Waals surface area contributed by atoms with Crippen molar-refractivity contribution in [3.8, 4) is 11.5 Å². The maximum atomic E-state index is 13.3. The first-order valence-corrected chi connectivity index (χ1v) is 14.2. The summed E-state index contributed by atoms with van der Waals surface area (Å²) < 4.78 is 19.1. The van der Waals surface area contributed by atoms with E-state index in [0.717, 1.165) is 70.1 Å². The van der Waals surface area contributed by atoms with E-state index >= 15 is 0 Å². The number of hydrogen-bond donors (Lipinski definition) is 1. The first-order valence-electron chi connectivity index (χ1n) is 13.4. The lowest BCUT2D eigenvalue weighted by Crippen LogP contribution is -2.52. The minimum atomic E-state index is -1.22. The summed E-state index contributed by atoms with van der Waals surface area (Å²) >= 11 is 1.46. The summed E-state index contributed by atoms with van der Waals surface area (Å²) in [6.45, 7) is 5.47. The van der Waals surface area contributed by atoms with Crippen LogP contribution < -0.4 is 19.9 Å². The van der Waals surface area contributed by atoms with Crippen LogP contribution in [-0.2, 0) is 33.7 Å². The molecule has 2 aliphatic rings. The smallest absolute Gasteiger partial charge is 0.227 e. The number of aliphatic carboxylic acids is 1. The second-order valence-corrected chi connectivity index (χ2v) is 11.9. The molecule has 0 bridgehead atoms. The molecule has 208 valence electrons. The van der Waals surface area contributed by atoms with E-state index in [2.05, 4.69) is 12.4 Å². The minimum absolute atomic E-state index is 0.210. The topological polar surface area (TPSA) is 110 Å². The summed E-state index contributed by atoms with van der Waals surface area (Å²) in [5.41, 5.74) is 1.73. The number of ether oxygens (including phenoxy) is 3. The van der Waals surface area contributed by atoms with Gasteiger partial charge in [0.1, 0.15) is 18.1 Å². The molecule has 9 nitrogen and oxygen atoms in total. The number of nitrogens with one attached hydrogen (secondary N) is 1. The number of nitrogens with zero attached hydrogens (tertiary/aromatic N) is 2. The number of quaternary nitrogens is 1. The Morgan fingerprint density at radius 1 is 1.15 bits per heavy atom. The molecule has 2 heterocycles. The van der Waals surface area contributed by atoms with Crippen LogP contribution in [-0.4, -0.2) is 75.0 Å². The zero-order chi connectivity index (χ0) is 27.5. The fourth-order valence-corrected chi connectivity index (χ4v) is 6.56. The Labute approximate surface area is 232 Å². The monoisotopic (exact) mass is 553 g/mol. The van der Waals surface area contributed by atoms with E-state index in [4.69, 9.17) is 19.2 Å². The van der Waals surface area contributed by atoms with Gasteiger partial charge in [-0.1, -0.05) is 24.3 Å². The lowest BCUT2D eigenvalue weighted by atomic mass is 9.80. The van der Waals surface area contributed by atoms with Gasteiger partial charge in [0.2, 0.25) is 5.91 Å². The molecule has 39 heavy (non-hydrogen) atoms. The Morgan fingerprint density at radius 3 is 2.54 bits per heavy atom. The molecule has 0 saturated carbocycles. The number of hydrogen-bond acceptors (Lipinski definition) is 8. The SMILES string of the molecule is COc1cc2sc(CNC(=O)C3(CC(=O)[O-])Cc4ccccc4C3)nc2cc1OCCC[N+]1(C)CCOCC1. The summed E-state index contributed by atoms with van der Waals surface area (Å²) in [6.07, 6.45) is 1.36. The van der Waals surface area contributed by atoms with Gasteiger partial charge in [0.15, 0.2) is 11.5 Å². The van der Waals surface area contributed by atoms with Crippen molar-refractivity contribution < 1.29 is 33.4 Å². The van der Waals surface area contributed by atoms with Gasteiger partial charge >= 0.3 is 0 Å². The van der Waals surface area contributed by atoms with E-state index in [1.165, 1.54) is 11.3 Å². The van der Waals surface area contributed by atoms with Crippen molar-refractivity contribution in [2.24, 2.45) is 5.41 Å². The van der Waals surface area contributed by atoms with E-state index in [-0.39, 0.29) is 18.9 Å². The first-order chi connectivity index (χ1) is 18.8. The van der Waals surface area contributed by atoms with Gasteiger partial charge in [0, 0.05) is 30.9 Å². The predicted octanol–water partition coefficient (Wildman–Crippen LogP) is 2.09. The van der Waals surface area contributed by atoms with Crippen molar-refractivity contribution >= 4 is 33.4 Å². The highest BCUT2D eigenvalue weighted by Gasteiger charge is 2.43. The Balaban J connectivity index is 1.23. The molecule has 1 aliphatic heterocycles. The number of likely N-dealkylation sites (N-methyl/N-ethyl adjacent to an activating group) is 1.